The van der Waals surface area contributed by atoms with Crippen molar-refractivity contribution < 1.29 is 14.2 Å². The van der Waals surface area contributed by atoms with Gasteiger partial charge in [-0.1, -0.05) is 72.8 Å². The lowest BCUT2D eigenvalue weighted by Crippen LogP contribution is -2.38. The number of nitrogens with one attached hydrogen (secondary N) is 1. The summed E-state index contributed by atoms with van der Waals surface area (Å²) in [4.78, 5) is 31.2. The highest BCUT2D eigenvalue weighted by molar-refractivity contribution is 7.78. The molecule has 1 saturated heterocycles. The first-order valence-electron chi connectivity index (χ1n) is 12.9. The Kier molecular flexibility index (Phi) is 8.19. The molecule has 0 radical (unpaired) electrons. The minimum absolute atomic E-state index is 0.134. The third kappa shape index (κ3) is 5.33. The van der Waals surface area contributed by atoms with Crippen LogP contribution in [-0.2, 0) is 15.1 Å². The molecular weight excluding hydrogens is 526 g/mol. The van der Waals surface area contributed by atoms with Crippen LogP contribution >= 0.6 is 12.2 Å². The van der Waals surface area contributed by atoms with Crippen LogP contribution in [0.25, 0.3) is 0 Å². The van der Waals surface area contributed by atoms with E-state index in [2.05, 4.69) is 15.1 Å². The number of hydrogen-bond donors (Lipinski definition) is 1. The van der Waals surface area contributed by atoms with E-state index in [1.54, 1.807) is 14.0 Å². The molecule has 40 heavy (non-hydrogen) atoms. The quantitative estimate of drug-likeness (QED) is 0.184. The van der Waals surface area contributed by atoms with E-state index < -0.39 is 35.2 Å². The Morgan fingerprint density at radius 2 is 1.60 bits per heavy atom. The van der Waals surface area contributed by atoms with Crippen molar-refractivity contribution in [1.29, 1.82) is 0 Å². The first-order chi connectivity index (χ1) is 19.5. The topological polar surface area (TPSA) is 94.9 Å². The van der Waals surface area contributed by atoms with Gasteiger partial charge in [-0.25, -0.2) is 9.79 Å². The van der Waals surface area contributed by atoms with E-state index in [1.807, 2.05) is 84.9 Å². The van der Waals surface area contributed by atoms with Crippen LogP contribution in [0.5, 0.6) is 5.75 Å². The second-order valence-electron chi connectivity index (χ2n) is 9.58. The maximum Gasteiger partial charge on any atom is 0.330 e. The molecule has 1 aliphatic heterocycles. The molecule has 2 heterocycles. The summed E-state index contributed by atoms with van der Waals surface area (Å²) in [6.45, 7) is 1.77. The predicted molar refractivity (Wildman–Crippen MR) is 155 cm³/mol. The van der Waals surface area contributed by atoms with Gasteiger partial charge < -0.3 is 14.2 Å². The minimum Gasteiger partial charge on any atom is -0.497 e. The smallest absolute Gasteiger partial charge is 0.330 e. The fourth-order valence-corrected chi connectivity index (χ4v) is 5.30. The molecule has 0 saturated carbocycles. The molecule has 9 heteroatoms. The molecule has 1 N–H and O–H groups in total. The lowest BCUT2D eigenvalue weighted by Gasteiger charge is -2.37. The van der Waals surface area contributed by atoms with Gasteiger partial charge in [-0.15, -0.1) is 0 Å². The van der Waals surface area contributed by atoms with E-state index in [4.69, 9.17) is 26.4 Å². The number of aromatic amines is 1. The summed E-state index contributed by atoms with van der Waals surface area (Å²) in [5, 5.41) is 2.47. The number of hydrogen-bond acceptors (Lipinski definition) is 7. The zero-order valence-corrected chi connectivity index (χ0v) is 23.0. The van der Waals surface area contributed by atoms with Gasteiger partial charge in [0.25, 0.3) is 5.56 Å². The third-order valence-corrected chi connectivity index (χ3v) is 7.31. The molecule has 0 unspecified atom stereocenters. The molecule has 3 aromatic carbocycles. The van der Waals surface area contributed by atoms with Gasteiger partial charge in [0.2, 0.25) is 0 Å². The van der Waals surface area contributed by atoms with Gasteiger partial charge in [-0.05, 0) is 48.0 Å². The predicted octanol–water partition coefficient (Wildman–Crippen LogP) is 4.62. The Morgan fingerprint density at radius 1 is 1.00 bits per heavy atom. The number of isothiocyanates is 1. The normalized spacial score (nSPS) is 18.7. The molecule has 0 aliphatic carbocycles. The monoisotopic (exact) mass is 555 g/mol. The van der Waals surface area contributed by atoms with Gasteiger partial charge in [0, 0.05) is 18.2 Å². The maximum absolute atomic E-state index is 12.6. The van der Waals surface area contributed by atoms with E-state index in [0.29, 0.717) is 12.0 Å². The maximum atomic E-state index is 12.6. The Morgan fingerprint density at radius 3 is 2.17 bits per heavy atom. The third-order valence-electron chi connectivity index (χ3n) is 7.20. The molecule has 8 nitrogen and oxygen atoms in total. The van der Waals surface area contributed by atoms with Crippen LogP contribution in [0.1, 0.15) is 34.9 Å². The molecule has 1 aliphatic rings. The first kappa shape index (κ1) is 27.4. The number of H-pyrrole nitrogens is 1. The molecule has 5 rings (SSSR count). The molecular formula is C31H29N3O5S. The van der Waals surface area contributed by atoms with Crippen molar-refractivity contribution in [2.75, 3.05) is 13.7 Å². The van der Waals surface area contributed by atoms with Crippen LogP contribution < -0.4 is 16.0 Å². The summed E-state index contributed by atoms with van der Waals surface area (Å²) in [6.07, 6.45) is 0.681. The van der Waals surface area contributed by atoms with Crippen LogP contribution in [0.4, 0.5) is 0 Å². The summed E-state index contributed by atoms with van der Waals surface area (Å²) >= 11 is 4.93. The largest absolute Gasteiger partial charge is 0.497 e. The van der Waals surface area contributed by atoms with Crippen molar-refractivity contribution in [2.45, 2.75) is 37.3 Å². The minimum atomic E-state index is -0.992. The lowest BCUT2D eigenvalue weighted by atomic mass is 9.80. The molecule has 0 spiro atoms. The van der Waals surface area contributed by atoms with Gasteiger partial charge in [-0.2, -0.15) is 0 Å². The zero-order chi connectivity index (χ0) is 28.1. The Balaban J connectivity index is 1.56. The van der Waals surface area contributed by atoms with E-state index in [0.717, 1.165) is 22.4 Å². The number of nitrogens with zero attached hydrogens (tertiary/aromatic N) is 2. The van der Waals surface area contributed by atoms with E-state index in [1.165, 1.54) is 10.8 Å². The summed E-state index contributed by atoms with van der Waals surface area (Å²) in [5.74, 6) is 0.734. The first-order valence-corrected chi connectivity index (χ1v) is 13.3. The van der Waals surface area contributed by atoms with Crippen LogP contribution in [0.3, 0.4) is 0 Å². The summed E-state index contributed by atoms with van der Waals surface area (Å²) in [5.41, 5.74) is 1.21. The Labute approximate surface area is 236 Å². The number of benzene rings is 3. The standard InChI is InChI=1S/C31H29N3O5S/c1-21-18-34(30(36)33-29(21)35)28-17-26(32-20-40)27(39-28)19-38-31(22-9-5-3-6-10-22,23-11-7-4-8-12-23)24-13-15-25(37-2)16-14-24/h3-16,18,26-28H,17,19H2,1-2H3,(H,33,35,36)/t26-,27+,28+/m0/s1. The van der Waals surface area contributed by atoms with E-state index in [-0.39, 0.29) is 6.61 Å². The van der Waals surface area contributed by atoms with Crippen LogP contribution in [0.2, 0.25) is 0 Å². The van der Waals surface area contributed by atoms with Gasteiger partial charge in [0.15, 0.2) is 0 Å². The van der Waals surface area contributed by atoms with Crippen LogP contribution in [0, 0.1) is 6.92 Å². The number of methoxy groups -OCH3 is 1. The number of aryl methyl sites for hydroxylation is 1. The molecule has 204 valence electrons. The Hall–Kier alpha value is -4.14. The van der Waals surface area contributed by atoms with E-state index in [9.17, 15) is 9.59 Å². The summed E-state index contributed by atoms with van der Waals surface area (Å²) in [7, 11) is 1.63. The zero-order valence-electron chi connectivity index (χ0n) is 22.2. The molecule has 1 fully saturated rings. The average Bonchev–Trinajstić information content (AvgIpc) is 3.39. The van der Waals surface area contributed by atoms with Crippen molar-refractivity contribution in [3.63, 3.8) is 0 Å². The Bertz CT molecular complexity index is 1570. The highest BCUT2D eigenvalue weighted by Crippen LogP contribution is 2.42. The highest BCUT2D eigenvalue weighted by Gasteiger charge is 2.42. The van der Waals surface area contributed by atoms with Crippen LogP contribution in [-0.4, -0.2) is 40.6 Å². The fourth-order valence-electron chi connectivity index (χ4n) is 5.17. The van der Waals surface area contributed by atoms with Crippen molar-refractivity contribution in [3.05, 3.63) is 134 Å². The average molecular weight is 556 g/mol. The fraction of sp³-hybridized carbons (Fsp3) is 0.258. The molecule has 4 aromatic rings. The molecule has 0 amide bonds. The second-order valence-corrected chi connectivity index (χ2v) is 9.77. The van der Waals surface area contributed by atoms with Crippen molar-refractivity contribution in [1.82, 2.24) is 9.55 Å². The molecule has 3 atom stereocenters. The van der Waals surface area contributed by atoms with Crippen molar-refractivity contribution in [3.8, 4) is 5.75 Å². The summed E-state index contributed by atoms with van der Waals surface area (Å²) in [6, 6.07) is 27.4. The second kappa shape index (κ2) is 11.9. The molecule has 0 bridgehead atoms. The lowest BCUT2D eigenvalue weighted by molar-refractivity contribution is -0.0795. The number of aliphatic imine (C=N–C) groups is 1. The summed E-state index contributed by atoms with van der Waals surface area (Å²) < 4.78 is 20.1. The number of ether oxygens (including phenoxy) is 3. The SMILES string of the molecule is COc1ccc(C(OC[C@H]2O[C@@H](n3cc(C)c(=O)[nH]c3=O)C[C@@H]2N=C=S)(c2ccccc2)c2ccccc2)cc1. The molecule has 1 aromatic heterocycles. The van der Waals surface area contributed by atoms with Crippen molar-refractivity contribution >= 4 is 17.4 Å². The van der Waals surface area contributed by atoms with Gasteiger partial charge in [0.1, 0.15) is 23.7 Å². The van der Waals surface area contributed by atoms with E-state index >= 15 is 0 Å². The number of thiocarbonyl (C=S) groups is 1. The highest BCUT2D eigenvalue weighted by atomic mass is 32.1. The van der Waals surface area contributed by atoms with Gasteiger partial charge >= 0.3 is 5.69 Å². The van der Waals surface area contributed by atoms with Gasteiger partial charge in [0.05, 0.1) is 24.9 Å². The van der Waals surface area contributed by atoms with Crippen molar-refractivity contribution in [2.24, 2.45) is 4.99 Å². The number of aromatic nitrogens is 2. The van der Waals surface area contributed by atoms with Gasteiger partial charge in [-0.3, -0.25) is 14.3 Å². The van der Waals surface area contributed by atoms with Crippen LogP contribution in [0.15, 0.2) is 106 Å². The number of rotatable bonds is 9.